The minimum atomic E-state index is 0.519. The molecule has 0 spiro atoms. The Balaban J connectivity index is 2.49. The summed E-state index contributed by atoms with van der Waals surface area (Å²) in [6.07, 6.45) is 9.46. The Hall–Kier alpha value is -0.000519. The van der Waals surface area contributed by atoms with Crippen molar-refractivity contribution >= 4 is 0 Å². The topological polar surface area (TPSA) is 0 Å². The van der Waals surface area contributed by atoms with Gasteiger partial charge in [-0.25, -0.2) is 0 Å². The summed E-state index contributed by atoms with van der Waals surface area (Å²) in [6.45, 7) is 0. The summed E-state index contributed by atoms with van der Waals surface area (Å²) in [5.74, 6) is 0. The van der Waals surface area contributed by atoms with Gasteiger partial charge in [-0.3, -0.25) is 0 Å². The van der Waals surface area contributed by atoms with E-state index in [1.54, 1.807) is 0 Å². The first-order valence-electron chi connectivity index (χ1n) is 2.35. The van der Waals surface area contributed by atoms with E-state index in [2.05, 4.69) is 34.2 Å². The first-order valence-corrected chi connectivity index (χ1v) is 2.99. The van der Waals surface area contributed by atoms with Crippen LogP contribution in [-0.2, 0) is 16.0 Å². The van der Waals surface area contributed by atoms with Crippen molar-refractivity contribution in [1.82, 2.24) is 0 Å². The van der Waals surface area contributed by atoms with Crippen LogP contribution in [-0.4, -0.2) is 0 Å². The van der Waals surface area contributed by atoms with Gasteiger partial charge < -0.3 is 0 Å². The Bertz CT molecular complexity index is 103. The summed E-state index contributed by atoms with van der Waals surface area (Å²) < 4.78 is 0. The number of hydrogen-bond donors (Lipinski definition) is 0. The molecule has 0 aromatic carbocycles. The van der Waals surface area contributed by atoms with Crippen molar-refractivity contribution in [3.63, 3.8) is 0 Å². The Kier molecular flexibility index (Phi) is 1.72. The van der Waals surface area contributed by atoms with Crippen LogP contribution in [0.4, 0.5) is 0 Å². The molecular weight excluding hydrogens is 128 g/mol. The average molecular weight is 135 g/mol. The molecule has 1 atom stereocenters. The van der Waals surface area contributed by atoms with Crippen LogP contribution < -0.4 is 0 Å². The maximum absolute atomic E-state index is 3.86. The fourth-order valence-corrected chi connectivity index (χ4v) is 0.817. The molecular formula is C6H7Fe. The van der Waals surface area contributed by atoms with E-state index in [9.17, 15) is 0 Å². The zero-order valence-corrected chi connectivity index (χ0v) is 5.05. The molecule has 1 aliphatic rings. The molecule has 7 heavy (non-hydrogen) atoms. The molecule has 1 heteroatoms. The van der Waals surface area contributed by atoms with Gasteiger partial charge in [-0.1, -0.05) is 0 Å². The van der Waals surface area contributed by atoms with Gasteiger partial charge in [0, 0.05) is 0 Å². The SMILES string of the molecule is [Fe][CH]1C=CC=CC1. The van der Waals surface area contributed by atoms with E-state index in [1.807, 2.05) is 6.08 Å². The Morgan fingerprint density at radius 2 is 2.29 bits per heavy atom. The Morgan fingerprint density at radius 3 is 2.57 bits per heavy atom. The van der Waals surface area contributed by atoms with Crippen LogP contribution in [0.15, 0.2) is 24.3 Å². The van der Waals surface area contributed by atoms with Crippen molar-refractivity contribution in [2.45, 2.75) is 11.2 Å². The van der Waals surface area contributed by atoms with E-state index in [4.69, 9.17) is 0 Å². The summed E-state index contributed by atoms with van der Waals surface area (Å²) >= 11 is 3.86. The van der Waals surface area contributed by atoms with Crippen molar-refractivity contribution in [2.75, 3.05) is 0 Å². The summed E-state index contributed by atoms with van der Waals surface area (Å²) in [6, 6.07) is 0. The summed E-state index contributed by atoms with van der Waals surface area (Å²) in [5, 5.41) is 0. The molecule has 0 radical (unpaired) electrons. The molecule has 0 saturated carbocycles. The Morgan fingerprint density at radius 1 is 1.43 bits per heavy atom. The molecule has 1 unspecified atom stereocenters. The number of hydrogen-bond acceptors (Lipinski definition) is 0. The second kappa shape index (κ2) is 2.34. The monoisotopic (exact) mass is 135 g/mol. The third-order valence-corrected chi connectivity index (χ3v) is 1.39. The van der Waals surface area contributed by atoms with Crippen molar-refractivity contribution in [2.24, 2.45) is 0 Å². The second-order valence-electron chi connectivity index (χ2n) is 1.55. The fraction of sp³-hybridized carbons (Fsp3) is 0.333. The van der Waals surface area contributed by atoms with E-state index in [0.29, 0.717) is 4.82 Å². The molecule has 0 fully saturated rings. The maximum atomic E-state index is 3.86. The molecule has 0 aromatic rings. The predicted molar refractivity (Wildman–Crippen MR) is 26.6 cm³/mol. The minimum absolute atomic E-state index is 0.519. The molecule has 0 amide bonds. The first-order chi connectivity index (χ1) is 3.39. The van der Waals surface area contributed by atoms with Crippen LogP contribution >= 0.6 is 0 Å². The van der Waals surface area contributed by atoms with Gasteiger partial charge in [0.15, 0.2) is 0 Å². The number of allylic oxidation sites excluding steroid dienone is 4. The standard InChI is InChI=1S/C6H7.Fe/c1-2-4-6-5-3-1;/h1-5H,6H2;. The zero-order valence-electron chi connectivity index (χ0n) is 3.95. The molecule has 0 N–H and O–H groups in total. The van der Waals surface area contributed by atoms with E-state index in [0.717, 1.165) is 6.42 Å². The van der Waals surface area contributed by atoms with Crippen LogP contribution in [0.25, 0.3) is 0 Å². The van der Waals surface area contributed by atoms with Crippen molar-refractivity contribution in [3.05, 3.63) is 24.3 Å². The Labute approximate surface area is 52.1 Å². The number of rotatable bonds is 0. The van der Waals surface area contributed by atoms with Crippen LogP contribution in [0.2, 0.25) is 4.82 Å². The first kappa shape index (κ1) is 5.14. The van der Waals surface area contributed by atoms with Crippen molar-refractivity contribution < 1.29 is 16.0 Å². The third kappa shape index (κ3) is 1.50. The van der Waals surface area contributed by atoms with Crippen LogP contribution in [0.1, 0.15) is 6.42 Å². The molecule has 39 valence electrons. The molecule has 0 aliphatic heterocycles. The van der Waals surface area contributed by atoms with E-state index < -0.39 is 0 Å². The molecule has 0 bridgehead atoms. The molecule has 0 nitrogen and oxygen atoms in total. The van der Waals surface area contributed by atoms with Gasteiger partial charge in [-0.05, 0) is 0 Å². The van der Waals surface area contributed by atoms with E-state index in [-0.39, 0.29) is 0 Å². The predicted octanol–water partition coefficient (Wildman–Crippen LogP) is 1.84. The molecule has 1 rings (SSSR count). The van der Waals surface area contributed by atoms with Gasteiger partial charge in [-0.15, -0.1) is 0 Å². The van der Waals surface area contributed by atoms with Gasteiger partial charge >= 0.3 is 51.6 Å². The fourth-order valence-electron chi connectivity index (χ4n) is 0.544. The van der Waals surface area contributed by atoms with Gasteiger partial charge in [0.2, 0.25) is 0 Å². The van der Waals surface area contributed by atoms with Gasteiger partial charge in [-0.2, -0.15) is 0 Å². The normalized spacial score (nSPS) is 28.4. The third-order valence-electron chi connectivity index (χ3n) is 0.918. The van der Waals surface area contributed by atoms with Crippen molar-refractivity contribution in [1.29, 1.82) is 0 Å². The van der Waals surface area contributed by atoms with Crippen LogP contribution in [0.3, 0.4) is 0 Å². The second-order valence-corrected chi connectivity index (χ2v) is 2.37. The van der Waals surface area contributed by atoms with Crippen molar-refractivity contribution in [3.8, 4) is 0 Å². The molecule has 0 heterocycles. The quantitative estimate of drug-likeness (QED) is 0.444. The van der Waals surface area contributed by atoms with Gasteiger partial charge in [0.25, 0.3) is 0 Å². The van der Waals surface area contributed by atoms with Gasteiger partial charge in [0.1, 0.15) is 0 Å². The van der Waals surface area contributed by atoms with Crippen LogP contribution in [0.5, 0.6) is 0 Å². The average Bonchev–Trinajstić information content (AvgIpc) is 1.69. The van der Waals surface area contributed by atoms with Gasteiger partial charge in [0.05, 0.1) is 0 Å². The zero-order chi connectivity index (χ0) is 5.11. The molecule has 1 aliphatic carbocycles. The summed E-state index contributed by atoms with van der Waals surface area (Å²) in [4.78, 5) is 0.519. The van der Waals surface area contributed by atoms with E-state index >= 15 is 0 Å². The molecule has 0 aromatic heterocycles. The summed E-state index contributed by atoms with van der Waals surface area (Å²) in [7, 11) is 0. The van der Waals surface area contributed by atoms with E-state index in [1.165, 1.54) is 0 Å². The summed E-state index contributed by atoms with van der Waals surface area (Å²) in [5.41, 5.74) is 0. The van der Waals surface area contributed by atoms with Crippen LogP contribution in [0, 0.1) is 0 Å². The molecule has 0 saturated heterocycles.